The van der Waals surface area contributed by atoms with Crippen LogP contribution in [-0.4, -0.2) is 28.7 Å². The average Bonchev–Trinajstić information content (AvgIpc) is 3.14. The van der Waals surface area contributed by atoms with E-state index in [-0.39, 0.29) is 17.6 Å². The highest BCUT2D eigenvalue weighted by Crippen LogP contribution is 2.21. The summed E-state index contributed by atoms with van der Waals surface area (Å²) in [5, 5.41) is 10.1. The number of rotatable bonds is 6. The van der Waals surface area contributed by atoms with Crippen LogP contribution in [0.1, 0.15) is 32.1 Å². The fourth-order valence-corrected chi connectivity index (χ4v) is 3.58. The highest BCUT2D eigenvalue weighted by molar-refractivity contribution is 6.07. The zero-order chi connectivity index (χ0) is 24.2. The van der Waals surface area contributed by atoms with Crippen LogP contribution in [0.15, 0.2) is 72.8 Å². The Balaban J connectivity index is 1.45. The van der Waals surface area contributed by atoms with E-state index in [1.807, 2.05) is 0 Å². The molecule has 0 atom stereocenters. The summed E-state index contributed by atoms with van der Waals surface area (Å²) in [5.41, 5.74) is 3.92. The van der Waals surface area contributed by atoms with Gasteiger partial charge in [0.1, 0.15) is 11.6 Å². The summed E-state index contributed by atoms with van der Waals surface area (Å²) in [6.07, 6.45) is 0. The number of halogens is 1. The lowest BCUT2D eigenvalue weighted by Crippen LogP contribution is -2.15. The number of aromatic nitrogens is 2. The van der Waals surface area contributed by atoms with Crippen LogP contribution in [0.5, 0.6) is 5.75 Å². The Kier molecular flexibility index (Phi) is 6.40. The second kappa shape index (κ2) is 9.58. The summed E-state index contributed by atoms with van der Waals surface area (Å²) in [5.74, 6) is -0.231. The molecule has 8 heteroatoms. The third-order valence-corrected chi connectivity index (χ3v) is 5.34. The molecular formula is C26H23FN4O3. The second-order valence-electron chi connectivity index (χ2n) is 7.65. The molecule has 0 aliphatic heterocycles. The smallest absolute Gasteiger partial charge is 0.259 e. The summed E-state index contributed by atoms with van der Waals surface area (Å²) in [6.45, 7) is 3.53. The van der Waals surface area contributed by atoms with Gasteiger partial charge in [-0.2, -0.15) is 5.10 Å². The van der Waals surface area contributed by atoms with Gasteiger partial charge in [-0.05, 0) is 86.6 Å². The summed E-state index contributed by atoms with van der Waals surface area (Å²) >= 11 is 0. The number of hydrogen-bond donors (Lipinski definition) is 2. The first-order chi connectivity index (χ1) is 16.4. The molecule has 0 saturated carbocycles. The van der Waals surface area contributed by atoms with Crippen LogP contribution in [0, 0.1) is 19.7 Å². The Labute approximate surface area is 196 Å². The molecule has 34 heavy (non-hydrogen) atoms. The molecule has 4 rings (SSSR count). The predicted molar refractivity (Wildman–Crippen MR) is 128 cm³/mol. The Bertz CT molecular complexity index is 1330. The zero-order valence-electron chi connectivity index (χ0n) is 18.9. The molecule has 4 aromatic rings. The summed E-state index contributed by atoms with van der Waals surface area (Å²) in [4.78, 5) is 25.5. The molecule has 1 heterocycles. The highest BCUT2D eigenvalue weighted by atomic mass is 19.1. The minimum absolute atomic E-state index is 0.268. The predicted octanol–water partition coefficient (Wildman–Crippen LogP) is 5.14. The average molecular weight is 458 g/mol. The van der Waals surface area contributed by atoms with Crippen LogP contribution in [-0.2, 0) is 0 Å². The van der Waals surface area contributed by atoms with Crippen LogP contribution in [0.4, 0.5) is 15.8 Å². The topological polar surface area (TPSA) is 85.2 Å². The monoisotopic (exact) mass is 458 g/mol. The van der Waals surface area contributed by atoms with Crippen molar-refractivity contribution in [1.82, 2.24) is 9.78 Å². The van der Waals surface area contributed by atoms with Crippen molar-refractivity contribution in [3.8, 4) is 11.4 Å². The van der Waals surface area contributed by atoms with Gasteiger partial charge in [0.05, 0.1) is 29.7 Å². The Morgan fingerprint density at radius 2 is 1.38 bits per heavy atom. The van der Waals surface area contributed by atoms with Gasteiger partial charge in [0.25, 0.3) is 11.8 Å². The molecule has 0 spiro atoms. The van der Waals surface area contributed by atoms with Crippen LogP contribution in [0.25, 0.3) is 5.69 Å². The first-order valence-electron chi connectivity index (χ1n) is 10.5. The maximum Gasteiger partial charge on any atom is 0.259 e. The Morgan fingerprint density at radius 1 is 0.824 bits per heavy atom. The van der Waals surface area contributed by atoms with Gasteiger partial charge in [-0.1, -0.05) is 0 Å². The summed E-state index contributed by atoms with van der Waals surface area (Å²) in [7, 11) is 1.58. The maximum absolute atomic E-state index is 13.3. The lowest BCUT2D eigenvalue weighted by atomic mass is 10.1. The van der Waals surface area contributed by atoms with Gasteiger partial charge < -0.3 is 15.4 Å². The molecule has 172 valence electrons. The standard InChI is InChI=1S/C26H23FN4O3/c1-16-24(17(2)31(30-16)22-12-6-19(27)7-13-22)26(33)29-20-8-4-18(5-9-20)25(32)28-21-10-14-23(34-3)15-11-21/h4-15H,1-3H3,(H,28,32)(H,29,33). The molecule has 0 saturated heterocycles. The van der Waals surface area contributed by atoms with E-state index in [0.29, 0.717) is 45.3 Å². The van der Waals surface area contributed by atoms with Crippen molar-refractivity contribution < 1.29 is 18.7 Å². The van der Waals surface area contributed by atoms with Crippen molar-refractivity contribution in [3.05, 3.63) is 101 Å². The van der Waals surface area contributed by atoms with E-state index in [2.05, 4.69) is 15.7 Å². The fourth-order valence-electron chi connectivity index (χ4n) is 3.58. The van der Waals surface area contributed by atoms with E-state index in [0.717, 1.165) is 0 Å². The van der Waals surface area contributed by atoms with Gasteiger partial charge in [-0.25, -0.2) is 9.07 Å². The molecule has 0 unspecified atom stereocenters. The number of ether oxygens (including phenoxy) is 1. The van der Waals surface area contributed by atoms with Gasteiger partial charge in [-0.3, -0.25) is 9.59 Å². The molecule has 0 aliphatic carbocycles. The number of nitrogens with zero attached hydrogens (tertiary/aromatic N) is 2. The second-order valence-corrected chi connectivity index (χ2v) is 7.65. The number of carbonyl (C=O) groups is 2. The van der Waals surface area contributed by atoms with Crippen LogP contribution in [0.2, 0.25) is 0 Å². The number of anilines is 2. The van der Waals surface area contributed by atoms with Gasteiger partial charge >= 0.3 is 0 Å². The van der Waals surface area contributed by atoms with Crippen LogP contribution in [0.3, 0.4) is 0 Å². The van der Waals surface area contributed by atoms with Crippen molar-refractivity contribution in [1.29, 1.82) is 0 Å². The van der Waals surface area contributed by atoms with Crippen molar-refractivity contribution in [3.63, 3.8) is 0 Å². The SMILES string of the molecule is COc1ccc(NC(=O)c2ccc(NC(=O)c3c(C)nn(-c4ccc(F)cc4)c3C)cc2)cc1. The first-order valence-corrected chi connectivity index (χ1v) is 10.5. The quantitative estimate of drug-likeness (QED) is 0.419. The highest BCUT2D eigenvalue weighted by Gasteiger charge is 2.20. The third-order valence-electron chi connectivity index (χ3n) is 5.34. The number of nitrogens with one attached hydrogen (secondary N) is 2. The molecule has 2 N–H and O–H groups in total. The van der Waals surface area contributed by atoms with Crippen molar-refractivity contribution >= 4 is 23.2 Å². The molecular weight excluding hydrogens is 435 g/mol. The number of benzene rings is 3. The van der Waals surface area contributed by atoms with Gasteiger partial charge in [0.15, 0.2) is 0 Å². The molecule has 1 aromatic heterocycles. The van der Waals surface area contributed by atoms with E-state index in [1.165, 1.54) is 12.1 Å². The van der Waals surface area contributed by atoms with E-state index < -0.39 is 0 Å². The fraction of sp³-hybridized carbons (Fsp3) is 0.115. The lowest BCUT2D eigenvalue weighted by Gasteiger charge is -2.09. The van der Waals surface area contributed by atoms with Gasteiger partial charge in [0.2, 0.25) is 0 Å². The first kappa shape index (κ1) is 22.7. The molecule has 0 radical (unpaired) electrons. The Morgan fingerprint density at radius 3 is 1.97 bits per heavy atom. The molecule has 2 amide bonds. The van der Waals surface area contributed by atoms with Crippen molar-refractivity contribution in [2.24, 2.45) is 0 Å². The van der Waals surface area contributed by atoms with E-state index in [9.17, 15) is 14.0 Å². The van der Waals surface area contributed by atoms with Gasteiger partial charge in [0, 0.05) is 16.9 Å². The maximum atomic E-state index is 13.3. The molecule has 3 aromatic carbocycles. The number of aryl methyl sites for hydroxylation is 1. The molecule has 0 fully saturated rings. The summed E-state index contributed by atoms with van der Waals surface area (Å²) < 4.78 is 20.0. The summed E-state index contributed by atoms with van der Waals surface area (Å²) in [6, 6.07) is 19.5. The van der Waals surface area contributed by atoms with Crippen molar-refractivity contribution in [2.75, 3.05) is 17.7 Å². The van der Waals surface area contributed by atoms with Crippen LogP contribution >= 0.6 is 0 Å². The van der Waals surface area contributed by atoms with Crippen molar-refractivity contribution in [2.45, 2.75) is 13.8 Å². The Hall–Kier alpha value is -4.46. The van der Waals surface area contributed by atoms with E-state index >= 15 is 0 Å². The molecule has 0 bridgehead atoms. The van der Waals surface area contributed by atoms with E-state index in [1.54, 1.807) is 86.3 Å². The number of amides is 2. The zero-order valence-corrected chi connectivity index (χ0v) is 18.9. The normalized spacial score (nSPS) is 10.6. The largest absolute Gasteiger partial charge is 0.497 e. The molecule has 0 aliphatic rings. The van der Waals surface area contributed by atoms with Crippen LogP contribution < -0.4 is 15.4 Å². The number of methoxy groups -OCH3 is 1. The number of carbonyl (C=O) groups excluding carboxylic acids is 2. The van der Waals surface area contributed by atoms with E-state index in [4.69, 9.17) is 4.74 Å². The van der Waals surface area contributed by atoms with Gasteiger partial charge in [-0.15, -0.1) is 0 Å². The lowest BCUT2D eigenvalue weighted by molar-refractivity contribution is 0.101. The molecule has 7 nitrogen and oxygen atoms in total. The minimum atomic E-state index is -0.343. The minimum Gasteiger partial charge on any atom is -0.497 e. The number of hydrogen-bond acceptors (Lipinski definition) is 4. The third kappa shape index (κ3) is 4.80.